The van der Waals surface area contributed by atoms with Crippen LogP contribution < -0.4 is 30.2 Å². The van der Waals surface area contributed by atoms with E-state index in [4.69, 9.17) is 27.5 Å². The predicted molar refractivity (Wildman–Crippen MR) is 300 cm³/mol. The van der Waals surface area contributed by atoms with Crippen molar-refractivity contribution < 1.29 is 32.6 Å². The second-order valence-electron chi connectivity index (χ2n) is 23.0. The lowest BCUT2D eigenvalue weighted by Gasteiger charge is -2.45. The van der Waals surface area contributed by atoms with Crippen LogP contribution in [-0.4, -0.2) is 76.3 Å². The summed E-state index contributed by atoms with van der Waals surface area (Å²) in [6, 6.07) is 49.0. The van der Waals surface area contributed by atoms with Gasteiger partial charge in [0.05, 0.1) is 33.0 Å². The lowest BCUT2D eigenvalue weighted by Crippen LogP contribution is -2.67. The zero-order valence-electron chi connectivity index (χ0n) is 45.5. The zero-order chi connectivity index (χ0) is 51.5. The summed E-state index contributed by atoms with van der Waals surface area (Å²) in [7, 11) is -4.74. The molecule has 5 aromatic rings. The van der Waals surface area contributed by atoms with E-state index in [1.165, 1.54) is 20.7 Å². The highest BCUT2D eigenvalue weighted by Gasteiger charge is 2.52. The Labute approximate surface area is 426 Å². The average Bonchev–Trinajstić information content (AvgIpc) is 3.32. The molecule has 5 rings (SSSR count). The van der Waals surface area contributed by atoms with E-state index in [-0.39, 0.29) is 33.6 Å². The Morgan fingerprint density at radius 3 is 1.34 bits per heavy atom. The Kier molecular flexibility index (Phi) is 19.5. The van der Waals surface area contributed by atoms with Crippen LogP contribution in [-0.2, 0) is 24.6 Å². The van der Waals surface area contributed by atoms with Gasteiger partial charge in [-0.3, -0.25) is 0 Å². The lowest BCUT2D eigenvalue weighted by molar-refractivity contribution is -0.0844. The molecule has 0 saturated heterocycles. The molecule has 1 N–H and O–H groups in total. The van der Waals surface area contributed by atoms with E-state index in [2.05, 4.69) is 224 Å². The quantitative estimate of drug-likeness (QED) is 0.0516. The third-order valence-corrected chi connectivity index (χ3v) is 29.2. The molecule has 0 saturated carbocycles. The van der Waals surface area contributed by atoms with Crippen molar-refractivity contribution in [1.29, 1.82) is 0 Å². The molecule has 380 valence electrons. The summed E-state index contributed by atoms with van der Waals surface area (Å²) in [5.41, 5.74) is 1.80. The summed E-state index contributed by atoms with van der Waals surface area (Å²) in [6.45, 7) is 33.1. The Morgan fingerprint density at radius 2 is 0.957 bits per heavy atom. The Morgan fingerprint density at radius 1 is 0.543 bits per heavy atom. The maximum Gasteiger partial charge on any atom is 0.261 e. The van der Waals surface area contributed by atoms with E-state index in [1.54, 1.807) is 14.2 Å². The van der Waals surface area contributed by atoms with Crippen molar-refractivity contribution in [3.63, 3.8) is 0 Å². The summed E-state index contributed by atoms with van der Waals surface area (Å²) in [6.07, 6.45) is 0.820. The van der Waals surface area contributed by atoms with Crippen molar-refractivity contribution in [1.82, 2.24) is 0 Å². The van der Waals surface area contributed by atoms with Crippen LogP contribution in [0.3, 0.4) is 0 Å². The predicted octanol–water partition coefficient (Wildman–Crippen LogP) is 12.0. The van der Waals surface area contributed by atoms with E-state index < -0.39 is 43.1 Å². The zero-order valence-corrected chi connectivity index (χ0v) is 48.5. The maximum atomic E-state index is 13.0. The van der Waals surface area contributed by atoms with E-state index in [0.717, 1.165) is 11.1 Å². The van der Waals surface area contributed by atoms with Gasteiger partial charge in [0, 0.05) is 31.7 Å². The first-order valence-electron chi connectivity index (χ1n) is 25.3. The lowest BCUT2D eigenvalue weighted by atomic mass is 9.85. The highest BCUT2D eigenvalue weighted by molar-refractivity contribution is 7.00. The normalized spacial score (nSPS) is 15.5. The molecule has 0 unspecified atom stereocenters. The molecular weight excluding hydrogens is 917 g/mol. The van der Waals surface area contributed by atoms with E-state index >= 15 is 0 Å². The molecular formula is C60H86O7Si3. The minimum absolute atomic E-state index is 0.0136. The van der Waals surface area contributed by atoms with E-state index in [9.17, 15) is 5.11 Å². The SMILES string of the molecule is COc1ccc(CO[C@H]([C@H](CO[Si](C)(C)C(C)(C)C)[C@@H](O)/C(C)=C/[C@@H](C)CO[Si](c2ccccc2)(c2ccccc2)C(C)(C)C)[C@H](C)CO[Si](c2ccccc2)(c2ccccc2)C(C)(C)C)cc1OC. The van der Waals surface area contributed by atoms with Crippen LogP contribution in [0.4, 0.5) is 0 Å². The number of methoxy groups -OCH3 is 2. The average molecular weight is 1000 g/mol. The Hall–Kier alpha value is -4.11. The number of rotatable bonds is 23. The standard InChI is InChI=1S/C60H86O7Si3/c1-45(41-66-69(59(7,8)9,49-29-21-17-22-30-49)50-31-23-18-24-32-50)39-46(2)56(61)53(44-65-68(15,16)58(4,5)6)57(64-43-48-37-38-54(62-13)55(40-48)63-14)47(3)42-67-70(60(10,11)12,51-33-25-19-26-34-51)52-35-27-20-28-36-52/h17-40,45,47,53,56-57,61H,41-44H2,1-16H3/b46-39+/t45-,47-,53-,56+,57+/m1/s1. The van der Waals surface area contributed by atoms with Crippen molar-refractivity contribution >= 4 is 45.7 Å². The van der Waals surface area contributed by atoms with Gasteiger partial charge < -0.3 is 32.6 Å². The van der Waals surface area contributed by atoms with E-state index in [1.807, 2.05) is 18.2 Å². The molecule has 0 aliphatic carbocycles. The van der Waals surface area contributed by atoms with Gasteiger partial charge in [-0.1, -0.05) is 210 Å². The summed E-state index contributed by atoms with van der Waals surface area (Å²) < 4.78 is 40.7. The molecule has 0 bridgehead atoms. The van der Waals surface area contributed by atoms with Gasteiger partial charge in [0.15, 0.2) is 19.8 Å². The van der Waals surface area contributed by atoms with Crippen LogP contribution in [0.15, 0.2) is 151 Å². The topological polar surface area (TPSA) is 75.6 Å². The molecule has 70 heavy (non-hydrogen) atoms. The molecule has 10 heteroatoms. The van der Waals surface area contributed by atoms with Gasteiger partial charge in [-0.05, 0) is 85.1 Å². The number of aliphatic hydroxyl groups is 1. The molecule has 0 radical (unpaired) electrons. The smallest absolute Gasteiger partial charge is 0.261 e. The van der Waals surface area contributed by atoms with Crippen LogP contribution >= 0.6 is 0 Å². The van der Waals surface area contributed by atoms with Crippen LogP contribution in [0, 0.1) is 17.8 Å². The monoisotopic (exact) mass is 1000 g/mol. The van der Waals surface area contributed by atoms with Gasteiger partial charge in [0.1, 0.15) is 0 Å². The van der Waals surface area contributed by atoms with Gasteiger partial charge >= 0.3 is 0 Å². The van der Waals surface area contributed by atoms with Crippen LogP contribution in [0.5, 0.6) is 11.5 Å². The van der Waals surface area contributed by atoms with Crippen LogP contribution in [0.2, 0.25) is 28.2 Å². The second kappa shape index (κ2) is 24.1. The third-order valence-electron chi connectivity index (χ3n) is 14.7. The molecule has 0 amide bonds. The van der Waals surface area contributed by atoms with Crippen molar-refractivity contribution in [3.8, 4) is 11.5 Å². The molecule has 5 aromatic carbocycles. The highest BCUT2D eigenvalue weighted by atomic mass is 28.4. The van der Waals surface area contributed by atoms with Gasteiger partial charge in [-0.15, -0.1) is 0 Å². The maximum absolute atomic E-state index is 13.0. The Balaban J connectivity index is 1.58. The van der Waals surface area contributed by atoms with Gasteiger partial charge in [0.25, 0.3) is 16.6 Å². The number of hydrogen-bond donors (Lipinski definition) is 1. The molecule has 5 atom stereocenters. The van der Waals surface area contributed by atoms with Crippen molar-refractivity contribution in [3.05, 3.63) is 157 Å². The molecule has 0 fully saturated rings. The number of hydrogen-bond acceptors (Lipinski definition) is 7. The first kappa shape index (κ1) is 56.8. The fourth-order valence-electron chi connectivity index (χ4n) is 9.82. The Bertz CT molecular complexity index is 2290. The third kappa shape index (κ3) is 13.1. The highest BCUT2D eigenvalue weighted by Crippen LogP contribution is 2.41. The molecule has 0 aliphatic rings. The van der Waals surface area contributed by atoms with Gasteiger partial charge in [0.2, 0.25) is 0 Å². The van der Waals surface area contributed by atoms with Crippen LogP contribution in [0.25, 0.3) is 0 Å². The molecule has 0 aliphatic heterocycles. The minimum atomic E-state index is -2.93. The first-order valence-corrected chi connectivity index (χ1v) is 32.0. The number of ether oxygens (including phenoxy) is 3. The van der Waals surface area contributed by atoms with Crippen molar-refractivity contribution in [2.75, 3.05) is 34.0 Å². The minimum Gasteiger partial charge on any atom is -0.493 e. The van der Waals surface area contributed by atoms with Gasteiger partial charge in [-0.2, -0.15) is 0 Å². The fourth-order valence-corrected chi connectivity index (χ4v) is 20.2. The summed E-state index contributed by atoms with van der Waals surface area (Å²) >= 11 is 0. The fraction of sp³-hybridized carbons (Fsp3) is 0.467. The summed E-state index contributed by atoms with van der Waals surface area (Å²) in [5, 5.41) is 17.5. The molecule has 7 nitrogen and oxygen atoms in total. The molecule has 0 aromatic heterocycles. The molecule has 0 spiro atoms. The largest absolute Gasteiger partial charge is 0.493 e. The van der Waals surface area contributed by atoms with Crippen LogP contribution in [0.1, 0.15) is 88.6 Å². The number of aliphatic hydroxyl groups excluding tert-OH is 1. The van der Waals surface area contributed by atoms with E-state index in [0.29, 0.717) is 31.3 Å². The first-order chi connectivity index (χ1) is 32.9. The van der Waals surface area contributed by atoms with Gasteiger partial charge in [-0.25, -0.2) is 0 Å². The summed E-state index contributed by atoms with van der Waals surface area (Å²) in [4.78, 5) is 0. The second-order valence-corrected chi connectivity index (χ2v) is 36.4. The number of benzene rings is 5. The summed E-state index contributed by atoms with van der Waals surface area (Å²) in [5.74, 6) is 0.649. The van der Waals surface area contributed by atoms with Crippen molar-refractivity contribution in [2.45, 2.75) is 130 Å². The molecule has 0 heterocycles. The van der Waals surface area contributed by atoms with Crippen molar-refractivity contribution in [2.24, 2.45) is 17.8 Å².